The van der Waals surface area contributed by atoms with Gasteiger partial charge >= 0.3 is 5.63 Å². The summed E-state index contributed by atoms with van der Waals surface area (Å²) in [7, 11) is 0. The van der Waals surface area contributed by atoms with Gasteiger partial charge in [-0.15, -0.1) is 0 Å². The van der Waals surface area contributed by atoms with Gasteiger partial charge < -0.3 is 29.1 Å². The number of aromatic nitrogens is 1. The number of carbonyl (C=O) groups excluding carboxylic acids is 1. The quantitative estimate of drug-likeness (QED) is 0.275. The molecule has 0 bridgehead atoms. The molecule has 0 amide bonds. The van der Waals surface area contributed by atoms with Crippen molar-refractivity contribution < 1.29 is 28.9 Å². The first-order chi connectivity index (χ1) is 17.5. The number of hydrogen-bond donors (Lipinski definition) is 3. The Labute approximate surface area is 213 Å². The van der Waals surface area contributed by atoms with Crippen LogP contribution < -0.4 is 10.4 Å². The van der Waals surface area contributed by atoms with Crippen LogP contribution in [0.25, 0.3) is 21.9 Å². The summed E-state index contributed by atoms with van der Waals surface area (Å²) < 4.78 is 17.7. The van der Waals surface area contributed by atoms with Gasteiger partial charge in [0.1, 0.15) is 17.4 Å². The monoisotopic (exact) mass is 505 g/mol. The highest BCUT2D eigenvalue weighted by Gasteiger charge is 2.48. The van der Waals surface area contributed by atoms with Crippen LogP contribution >= 0.6 is 0 Å². The summed E-state index contributed by atoms with van der Waals surface area (Å²) in [5, 5.41) is 22.7. The summed E-state index contributed by atoms with van der Waals surface area (Å²) in [5.41, 5.74) is 1.83. The van der Waals surface area contributed by atoms with Crippen LogP contribution in [0.4, 0.5) is 0 Å². The van der Waals surface area contributed by atoms with E-state index in [1.807, 2.05) is 52.0 Å². The molecule has 3 heterocycles. The van der Waals surface area contributed by atoms with Crippen molar-refractivity contribution in [1.82, 2.24) is 4.98 Å². The number of aliphatic hydroxyl groups excluding tert-OH is 2. The summed E-state index contributed by atoms with van der Waals surface area (Å²) in [5.74, 6) is -0.112. The molecule has 4 atom stereocenters. The molecule has 0 aliphatic carbocycles. The fourth-order valence-electron chi connectivity index (χ4n) is 4.98. The number of rotatable bonds is 5. The normalized spacial score (nSPS) is 23.4. The molecule has 194 valence electrons. The molecule has 37 heavy (non-hydrogen) atoms. The van der Waals surface area contributed by atoms with E-state index >= 15 is 0 Å². The van der Waals surface area contributed by atoms with Gasteiger partial charge in [-0.3, -0.25) is 4.79 Å². The van der Waals surface area contributed by atoms with Gasteiger partial charge in [-0.05, 0) is 57.5 Å². The van der Waals surface area contributed by atoms with Crippen LogP contribution in [0, 0.1) is 19.8 Å². The summed E-state index contributed by atoms with van der Waals surface area (Å²) in [4.78, 5) is 28.9. The highest BCUT2D eigenvalue weighted by Crippen LogP contribution is 2.38. The van der Waals surface area contributed by atoms with Gasteiger partial charge in [0, 0.05) is 39.8 Å². The minimum absolute atomic E-state index is 0.102. The second kappa shape index (κ2) is 9.13. The minimum atomic E-state index is -1.25. The predicted molar refractivity (Wildman–Crippen MR) is 139 cm³/mol. The number of benzene rings is 2. The fourth-order valence-corrected chi connectivity index (χ4v) is 4.98. The maximum Gasteiger partial charge on any atom is 0.339 e. The smallest absolute Gasteiger partial charge is 0.339 e. The third-order valence-corrected chi connectivity index (χ3v) is 7.53. The zero-order valence-corrected chi connectivity index (χ0v) is 21.5. The summed E-state index contributed by atoms with van der Waals surface area (Å²) in [6.45, 7) is 9.07. The topological polar surface area (TPSA) is 122 Å². The molecule has 0 spiro atoms. The maximum atomic E-state index is 12.9. The first-order valence-corrected chi connectivity index (χ1v) is 12.3. The van der Waals surface area contributed by atoms with Gasteiger partial charge in [0.2, 0.25) is 6.29 Å². The summed E-state index contributed by atoms with van der Waals surface area (Å²) >= 11 is 0. The lowest BCUT2D eigenvalue weighted by Gasteiger charge is -2.46. The van der Waals surface area contributed by atoms with Crippen molar-refractivity contribution in [3.8, 4) is 5.75 Å². The minimum Gasteiger partial charge on any atom is -0.461 e. The first kappa shape index (κ1) is 25.2. The largest absolute Gasteiger partial charge is 0.461 e. The lowest BCUT2D eigenvalue weighted by Crippen LogP contribution is -2.59. The molecule has 1 saturated heterocycles. The Hall–Kier alpha value is -3.46. The molecule has 1 aliphatic heterocycles. The SMILES string of the molecule is Cc1cc2cc(CC(=O)c3cc4ccccc4[nH]3)c(=O)oc2c(C)c1OC1OC(C)(C)[C@H](C)[C@H](O)[C@@H]1O. The molecule has 8 nitrogen and oxygen atoms in total. The summed E-state index contributed by atoms with van der Waals surface area (Å²) in [6, 6.07) is 12.8. The number of para-hydroxylation sites is 1. The number of ketones is 1. The lowest BCUT2D eigenvalue weighted by atomic mass is 9.82. The highest BCUT2D eigenvalue weighted by molar-refractivity contribution is 6.00. The Kier molecular flexibility index (Phi) is 6.22. The van der Waals surface area contributed by atoms with E-state index in [2.05, 4.69) is 4.98 Å². The fraction of sp³-hybridized carbons (Fsp3) is 0.379. The molecule has 1 aliphatic rings. The molecule has 5 rings (SSSR count). The van der Waals surface area contributed by atoms with Gasteiger partial charge in [0.05, 0.1) is 17.4 Å². The van der Waals surface area contributed by atoms with Crippen molar-refractivity contribution in [1.29, 1.82) is 0 Å². The third kappa shape index (κ3) is 4.45. The second-order valence-corrected chi connectivity index (χ2v) is 10.5. The first-order valence-electron chi connectivity index (χ1n) is 12.3. The Morgan fingerprint density at radius 3 is 2.54 bits per heavy atom. The van der Waals surface area contributed by atoms with E-state index in [1.54, 1.807) is 25.1 Å². The lowest BCUT2D eigenvalue weighted by molar-refractivity contribution is -0.285. The van der Waals surface area contributed by atoms with Gasteiger partial charge in [0.25, 0.3) is 0 Å². The number of nitrogens with one attached hydrogen (secondary N) is 1. The van der Waals surface area contributed by atoms with Gasteiger partial charge in [-0.2, -0.15) is 0 Å². The second-order valence-electron chi connectivity index (χ2n) is 10.5. The number of aliphatic hydroxyl groups is 2. The number of ether oxygens (including phenoxy) is 2. The van der Waals surface area contributed by atoms with Gasteiger partial charge in [0.15, 0.2) is 5.78 Å². The summed E-state index contributed by atoms with van der Waals surface area (Å²) in [6.07, 6.45) is -3.47. The average molecular weight is 506 g/mol. The van der Waals surface area contributed by atoms with Crippen LogP contribution in [0.15, 0.2) is 51.7 Å². The van der Waals surface area contributed by atoms with E-state index in [4.69, 9.17) is 13.9 Å². The zero-order chi connectivity index (χ0) is 26.6. The molecule has 3 N–H and O–H groups in total. The van der Waals surface area contributed by atoms with Crippen molar-refractivity contribution in [3.63, 3.8) is 0 Å². The predicted octanol–water partition coefficient (Wildman–Crippen LogP) is 4.19. The Morgan fingerprint density at radius 1 is 1.08 bits per heavy atom. The van der Waals surface area contributed by atoms with E-state index in [0.29, 0.717) is 28.0 Å². The van der Waals surface area contributed by atoms with E-state index in [1.165, 1.54) is 0 Å². The maximum absolute atomic E-state index is 12.9. The molecule has 8 heteroatoms. The molecular weight excluding hydrogens is 474 g/mol. The zero-order valence-electron chi connectivity index (χ0n) is 21.5. The molecule has 2 aromatic heterocycles. The van der Waals surface area contributed by atoms with Crippen molar-refractivity contribution in [3.05, 3.63) is 75.3 Å². The number of Topliss-reactive ketones (excluding diaryl/α,β-unsaturated/α-hetero) is 1. The van der Waals surface area contributed by atoms with Crippen molar-refractivity contribution in [2.24, 2.45) is 5.92 Å². The van der Waals surface area contributed by atoms with Crippen LogP contribution in [0.1, 0.15) is 48.0 Å². The molecule has 1 unspecified atom stereocenters. The van der Waals surface area contributed by atoms with E-state index in [-0.39, 0.29) is 23.7 Å². The Bertz CT molecular complexity index is 1530. The average Bonchev–Trinajstić information content (AvgIpc) is 3.29. The molecule has 2 aromatic carbocycles. The van der Waals surface area contributed by atoms with Crippen molar-refractivity contribution in [2.45, 2.75) is 65.1 Å². The van der Waals surface area contributed by atoms with Crippen LogP contribution in [0.2, 0.25) is 0 Å². The van der Waals surface area contributed by atoms with E-state index < -0.39 is 29.7 Å². The number of hydrogen-bond acceptors (Lipinski definition) is 7. The molecule has 0 saturated carbocycles. The van der Waals surface area contributed by atoms with Gasteiger partial charge in [-0.1, -0.05) is 25.1 Å². The van der Waals surface area contributed by atoms with Gasteiger partial charge in [-0.25, -0.2) is 4.79 Å². The Balaban J connectivity index is 1.45. The number of aromatic amines is 1. The standard InChI is InChI=1S/C29H31NO7/c1-14-10-18-11-19(13-22(31)21-12-17-8-6-7-9-20(17)30-21)27(34)35-26(18)15(2)25(14)36-28-24(33)23(32)16(3)29(4,5)37-28/h6-12,16,23-24,28,30,32-33H,13H2,1-5H3/t16-,23+,24+,28?/m1/s1. The van der Waals surface area contributed by atoms with E-state index in [0.717, 1.165) is 16.5 Å². The van der Waals surface area contributed by atoms with Crippen molar-refractivity contribution in [2.75, 3.05) is 0 Å². The third-order valence-electron chi connectivity index (χ3n) is 7.53. The van der Waals surface area contributed by atoms with Crippen LogP contribution in [-0.4, -0.2) is 45.1 Å². The number of fused-ring (bicyclic) bond motifs is 2. The van der Waals surface area contributed by atoms with Crippen LogP contribution in [0.5, 0.6) is 5.75 Å². The highest BCUT2D eigenvalue weighted by atomic mass is 16.7. The molecule has 0 radical (unpaired) electrons. The molecule has 4 aromatic rings. The van der Waals surface area contributed by atoms with Crippen molar-refractivity contribution >= 4 is 27.7 Å². The Morgan fingerprint density at radius 2 is 1.81 bits per heavy atom. The molecular formula is C29H31NO7. The number of H-pyrrole nitrogens is 1. The molecule has 1 fully saturated rings. The number of aryl methyl sites for hydroxylation is 2. The van der Waals surface area contributed by atoms with Crippen LogP contribution in [-0.2, 0) is 11.2 Å². The number of carbonyl (C=O) groups is 1. The van der Waals surface area contributed by atoms with E-state index in [9.17, 15) is 19.8 Å². The van der Waals surface area contributed by atoms with Crippen LogP contribution in [0.3, 0.4) is 0 Å².